The van der Waals surface area contributed by atoms with Crippen molar-refractivity contribution in [3.8, 4) is 0 Å². The summed E-state index contributed by atoms with van der Waals surface area (Å²) in [5, 5.41) is 29.4. The minimum Gasteiger partial charge on any atom is -0.379 e. The Labute approximate surface area is 219 Å². The van der Waals surface area contributed by atoms with Crippen molar-refractivity contribution in [2.75, 3.05) is 23.7 Å². The molecular formula is C26H38N4O6S. The molecule has 0 saturated heterocycles. The van der Waals surface area contributed by atoms with E-state index < -0.39 is 19.7 Å². The molecule has 0 aliphatic rings. The van der Waals surface area contributed by atoms with Gasteiger partial charge < -0.3 is 10.6 Å². The molecule has 10 nitrogen and oxygen atoms in total. The van der Waals surface area contributed by atoms with Gasteiger partial charge in [0.05, 0.1) is 19.6 Å². The van der Waals surface area contributed by atoms with Gasteiger partial charge in [0.1, 0.15) is 11.4 Å². The molecule has 2 rings (SSSR count). The third kappa shape index (κ3) is 8.99. The highest BCUT2D eigenvalue weighted by molar-refractivity contribution is 7.91. The Bertz CT molecular complexity index is 1070. The molecule has 0 aliphatic carbocycles. The summed E-state index contributed by atoms with van der Waals surface area (Å²) >= 11 is 0. The Morgan fingerprint density at radius 3 is 1.38 bits per heavy atom. The molecule has 204 valence electrons. The number of nitrogens with zero attached hydrogens (tertiary/aromatic N) is 2. The first-order valence-corrected chi connectivity index (χ1v) is 14.5. The van der Waals surface area contributed by atoms with Crippen molar-refractivity contribution < 1.29 is 18.3 Å². The molecule has 0 bridgehead atoms. The normalized spacial score (nSPS) is 11.3. The molecule has 0 atom stereocenters. The highest BCUT2D eigenvalue weighted by Crippen LogP contribution is 2.34. The first-order chi connectivity index (χ1) is 17.7. The first-order valence-electron chi connectivity index (χ1n) is 13.0. The molecule has 0 fully saturated rings. The van der Waals surface area contributed by atoms with Crippen LogP contribution in [0.15, 0.2) is 46.2 Å². The number of nitrogens with one attached hydrogen (secondary N) is 2. The number of benzene rings is 2. The number of nitro groups is 2. The van der Waals surface area contributed by atoms with Gasteiger partial charge in [-0.1, -0.05) is 65.2 Å². The van der Waals surface area contributed by atoms with Crippen LogP contribution < -0.4 is 10.6 Å². The van der Waals surface area contributed by atoms with Crippen LogP contribution in [-0.4, -0.2) is 31.4 Å². The zero-order valence-electron chi connectivity index (χ0n) is 21.7. The van der Waals surface area contributed by atoms with E-state index in [-0.39, 0.29) is 32.5 Å². The Balaban J connectivity index is 2.20. The van der Waals surface area contributed by atoms with Crippen molar-refractivity contribution in [1.82, 2.24) is 0 Å². The Kier molecular flexibility index (Phi) is 12.3. The van der Waals surface area contributed by atoms with Crippen LogP contribution in [0.4, 0.5) is 22.7 Å². The van der Waals surface area contributed by atoms with Gasteiger partial charge in [0.25, 0.3) is 11.4 Å². The maximum atomic E-state index is 13.2. The summed E-state index contributed by atoms with van der Waals surface area (Å²) in [6.45, 7) is 5.32. The first kappa shape index (κ1) is 30.0. The SMILES string of the molecule is CCCCCCCNc1ccc(S(=O)(=O)c2ccc(NCCCCCCC)c([N+](=O)[O-])c2)cc1[N+](=O)[O-]. The third-order valence-electron chi connectivity index (χ3n) is 6.14. The molecule has 11 heteroatoms. The molecule has 37 heavy (non-hydrogen) atoms. The second kappa shape index (κ2) is 15.1. The summed E-state index contributed by atoms with van der Waals surface area (Å²) in [6, 6.07) is 7.33. The number of hydrogen-bond acceptors (Lipinski definition) is 8. The molecule has 2 N–H and O–H groups in total. The average Bonchev–Trinajstić information content (AvgIpc) is 2.87. The summed E-state index contributed by atoms with van der Waals surface area (Å²) in [5.74, 6) is 0. The van der Waals surface area contributed by atoms with E-state index in [2.05, 4.69) is 24.5 Å². The summed E-state index contributed by atoms with van der Waals surface area (Å²) in [5.41, 5.74) is -0.233. The molecular weight excluding hydrogens is 496 g/mol. The van der Waals surface area contributed by atoms with E-state index in [1.807, 2.05) is 0 Å². The second-order valence-corrected chi connectivity index (χ2v) is 11.0. The molecule has 2 aromatic carbocycles. The van der Waals surface area contributed by atoms with E-state index in [1.54, 1.807) is 0 Å². The third-order valence-corrected chi connectivity index (χ3v) is 7.89. The van der Waals surface area contributed by atoms with Crippen molar-refractivity contribution in [3.63, 3.8) is 0 Å². The lowest BCUT2D eigenvalue weighted by Gasteiger charge is -2.11. The number of hydrogen-bond donors (Lipinski definition) is 2. The highest BCUT2D eigenvalue weighted by atomic mass is 32.2. The molecule has 0 aromatic heterocycles. The maximum absolute atomic E-state index is 13.2. The van der Waals surface area contributed by atoms with Crippen LogP contribution >= 0.6 is 0 Å². The van der Waals surface area contributed by atoms with Crippen LogP contribution in [0.1, 0.15) is 78.1 Å². The lowest BCUT2D eigenvalue weighted by atomic mass is 10.1. The largest absolute Gasteiger partial charge is 0.379 e. The van der Waals surface area contributed by atoms with Gasteiger partial charge in [0.15, 0.2) is 0 Å². The molecule has 0 saturated carbocycles. The predicted molar refractivity (Wildman–Crippen MR) is 146 cm³/mol. The standard InChI is InChI=1S/C26H38N4O6S/c1-3-5-7-9-11-17-27-23-15-13-21(19-25(23)29(31)32)37(35,36)22-14-16-24(26(20-22)30(33)34)28-18-12-10-8-6-4-2/h13-16,19-20,27-28H,3-12,17-18H2,1-2H3. The fourth-order valence-electron chi connectivity index (χ4n) is 4.00. The molecule has 0 radical (unpaired) electrons. The van der Waals surface area contributed by atoms with Gasteiger partial charge in [0, 0.05) is 25.2 Å². The average molecular weight is 535 g/mol. The monoisotopic (exact) mass is 534 g/mol. The van der Waals surface area contributed by atoms with Crippen LogP contribution in [0.5, 0.6) is 0 Å². The van der Waals surface area contributed by atoms with Crippen LogP contribution in [0.25, 0.3) is 0 Å². The summed E-state index contributed by atoms with van der Waals surface area (Å²) in [6.07, 6.45) is 10.4. The van der Waals surface area contributed by atoms with Crippen molar-refractivity contribution in [2.45, 2.75) is 87.8 Å². The zero-order valence-corrected chi connectivity index (χ0v) is 22.5. The van der Waals surface area contributed by atoms with E-state index in [1.165, 1.54) is 24.3 Å². The zero-order chi connectivity index (χ0) is 27.3. The topological polar surface area (TPSA) is 144 Å². The van der Waals surface area contributed by atoms with Crippen molar-refractivity contribution in [3.05, 3.63) is 56.6 Å². The predicted octanol–water partition coefficient (Wildman–Crippen LogP) is 7.10. The number of anilines is 2. The quantitative estimate of drug-likeness (QED) is 0.117. The van der Waals surface area contributed by atoms with Gasteiger partial charge in [-0.05, 0) is 37.1 Å². The van der Waals surface area contributed by atoms with Crippen LogP contribution in [-0.2, 0) is 9.84 Å². The highest BCUT2D eigenvalue weighted by Gasteiger charge is 2.26. The molecule has 0 amide bonds. The van der Waals surface area contributed by atoms with E-state index >= 15 is 0 Å². The van der Waals surface area contributed by atoms with Crippen LogP contribution in [0, 0.1) is 20.2 Å². The van der Waals surface area contributed by atoms with E-state index in [0.29, 0.717) is 13.1 Å². The molecule has 0 aliphatic heterocycles. The van der Waals surface area contributed by atoms with Gasteiger partial charge in [-0.25, -0.2) is 8.42 Å². The Morgan fingerprint density at radius 2 is 1.03 bits per heavy atom. The molecule has 0 spiro atoms. The van der Waals surface area contributed by atoms with Gasteiger partial charge >= 0.3 is 0 Å². The smallest absolute Gasteiger partial charge is 0.293 e. The fourth-order valence-corrected chi connectivity index (χ4v) is 5.30. The van der Waals surface area contributed by atoms with Gasteiger partial charge in [0.2, 0.25) is 9.84 Å². The number of sulfone groups is 1. The Morgan fingerprint density at radius 1 is 0.649 bits per heavy atom. The molecule has 0 heterocycles. The van der Waals surface area contributed by atoms with Crippen molar-refractivity contribution in [1.29, 1.82) is 0 Å². The number of nitro benzene ring substituents is 2. The van der Waals surface area contributed by atoms with Gasteiger partial charge in [-0.3, -0.25) is 20.2 Å². The van der Waals surface area contributed by atoms with Crippen molar-refractivity contribution >= 4 is 32.6 Å². The van der Waals surface area contributed by atoms with E-state index in [0.717, 1.165) is 76.3 Å². The van der Waals surface area contributed by atoms with Crippen molar-refractivity contribution in [2.24, 2.45) is 0 Å². The summed E-state index contributed by atoms with van der Waals surface area (Å²) in [4.78, 5) is 21.5. The molecule has 2 aromatic rings. The lowest BCUT2D eigenvalue weighted by molar-refractivity contribution is -0.384. The summed E-state index contributed by atoms with van der Waals surface area (Å²) in [7, 11) is -4.22. The Hall–Kier alpha value is -3.21. The van der Waals surface area contributed by atoms with E-state index in [4.69, 9.17) is 0 Å². The van der Waals surface area contributed by atoms with Gasteiger partial charge in [-0.15, -0.1) is 0 Å². The fraction of sp³-hybridized carbons (Fsp3) is 0.538. The summed E-state index contributed by atoms with van der Waals surface area (Å²) < 4.78 is 26.5. The maximum Gasteiger partial charge on any atom is 0.293 e. The minimum absolute atomic E-state index is 0.240. The number of rotatable bonds is 18. The van der Waals surface area contributed by atoms with Crippen LogP contribution in [0.2, 0.25) is 0 Å². The van der Waals surface area contributed by atoms with E-state index in [9.17, 15) is 28.6 Å². The van der Waals surface area contributed by atoms with Gasteiger partial charge in [-0.2, -0.15) is 0 Å². The lowest BCUT2D eigenvalue weighted by Crippen LogP contribution is -2.08. The minimum atomic E-state index is -4.22. The molecule has 0 unspecified atom stereocenters. The second-order valence-electron chi connectivity index (χ2n) is 9.06. The van der Waals surface area contributed by atoms with Crippen LogP contribution in [0.3, 0.4) is 0 Å². The number of unbranched alkanes of at least 4 members (excludes halogenated alkanes) is 8.